The first-order valence-electron chi connectivity index (χ1n) is 6.79. The van der Waals surface area contributed by atoms with Crippen molar-refractivity contribution in [3.63, 3.8) is 0 Å². The highest BCUT2D eigenvalue weighted by Crippen LogP contribution is 2.14. The molecule has 1 heterocycles. The molecule has 0 atom stereocenters. The normalized spacial score (nSPS) is 16.0. The summed E-state index contributed by atoms with van der Waals surface area (Å²) in [6.07, 6.45) is 0.910. The van der Waals surface area contributed by atoms with Crippen molar-refractivity contribution in [2.75, 3.05) is 33.6 Å². The Balaban J connectivity index is 1.92. The average Bonchev–Trinajstić information content (AvgIpc) is 2.49. The number of nitrogens with one attached hydrogen (secondary N) is 2. The molecule has 2 N–H and O–H groups in total. The number of aliphatic imine (C=N–C) groups is 1. The Kier molecular flexibility index (Phi) is 6.18. The third kappa shape index (κ3) is 4.94. The van der Waals surface area contributed by atoms with Gasteiger partial charge in [0, 0.05) is 24.7 Å². The zero-order chi connectivity index (χ0) is 16.0. The Bertz CT molecular complexity index is 619. The molecule has 0 amide bonds. The van der Waals surface area contributed by atoms with Crippen molar-refractivity contribution in [2.45, 2.75) is 11.3 Å². The molecular weight excluding hydrogens is 372 g/mol. The van der Waals surface area contributed by atoms with Gasteiger partial charge in [0.25, 0.3) is 10.0 Å². The van der Waals surface area contributed by atoms with Crippen LogP contribution in [0.4, 0.5) is 0 Å². The lowest BCUT2D eigenvalue weighted by Crippen LogP contribution is -2.50. The maximum Gasteiger partial charge on any atom is 0.264 e. The van der Waals surface area contributed by atoms with Gasteiger partial charge in [-0.25, -0.2) is 18.1 Å². The zero-order valence-corrected chi connectivity index (χ0v) is 14.7. The summed E-state index contributed by atoms with van der Waals surface area (Å²) in [5.74, 6) is 0.269. The van der Waals surface area contributed by atoms with Gasteiger partial charge >= 0.3 is 0 Å². The van der Waals surface area contributed by atoms with E-state index in [1.54, 1.807) is 19.2 Å². The molecule has 1 aliphatic rings. The highest BCUT2D eigenvalue weighted by atomic mass is 79.9. The minimum Gasteiger partial charge on any atom is -0.385 e. The summed E-state index contributed by atoms with van der Waals surface area (Å²) in [6, 6.07) is 6.43. The number of rotatable bonds is 6. The van der Waals surface area contributed by atoms with Crippen molar-refractivity contribution in [1.29, 1.82) is 0 Å². The number of hydrogen-bond donors (Lipinski definition) is 2. The molecule has 22 heavy (non-hydrogen) atoms. The van der Waals surface area contributed by atoms with Gasteiger partial charge in [-0.2, -0.15) is 0 Å². The van der Waals surface area contributed by atoms with Gasteiger partial charge in [0.15, 0.2) is 0 Å². The lowest BCUT2D eigenvalue weighted by molar-refractivity contribution is 0.169. The van der Waals surface area contributed by atoms with Gasteiger partial charge in [0.1, 0.15) is 0 Å². The molecule has 2 rings (SSSR count). The van der Waals surface area contributed by atoms with E-state index in [0.717, 1.165) is 17.4 Å². The van der Waals surface area contributed by atoms with E-state index in [1.165, 1.54) is 12.1 Å². The van der Waals surface area contributed by atoms with Crippen LogP contribution in [0.25, 0.3) is 0 Å². The second-order valence-electron chi connectivity index (χ2n) is 4.78. The number of hydrogen-bond acceptors (Lipinski definition) is 6. The first-order chi connectivity index (χ1) is 10.5. The molecule has 0 radical (unpaired) electrons. The van der Waals surface area contributed by atoms with Gasteiger partial charge < -0.3 is 10.1 Å². The predicted molar refractivity (Wildman–Crippen MR) is 88.0 cm³/mol. The largest absolute Gasteiger partial charge is 0.385 e. The zero-order valence-electron chi connectivity index (χ0n) is 12.3. The molecule has 0 fully saturated rings. The molecule has 9 heteroatoms. The SMILES string of the molecule is COCCCN1CN=C(NS(=O)(=O)c2ccc(Br)cc2)NC1. The van der Waals surface area contributed by atoms with Crippen molar-refractivity contribution in [1.82, 2.24) is 14.9 Å². The first kappa shape index (κ1) is 17.2. The maximum atomic E-state index is 12.2. The van der Waals surface area contributed by atoms with E-state index in [-0.39, 0.29) is 10.9 Å². The molecule has 0 aromatic heterocycles. The molecule has 0 spiro atoms. The Morgan fingerprint density at radius 3 is 2.73 bits per heavy atom. The lowest BCUT2D eigenvalue weighted by atomic mass is 10.4. The molecule has 7 nitrogen and oxygen atoms in total. The highest BCUT2D eigenvalue weighted by molar-refractivity contribution is 9.10. The number of sulfonamides is 1. The molecule has 1 aromatic carbocycles. The fourth-order valence-corrected chi connectivity index (χ4v) is 3.18. The summed E-state index contributed by atoms with van der Waals surface area (Å²) < 4.78 is 32.7. The lowest BCUT2D eigenvalue weighted by Gasteiger charge is -2.26. The molecule has 0 unspecified atom stereocenters. The van der Waals surface area contributed by atoms with E-state index in [0.29, 0.717) is 19.9 Å². The topological polar surface area (TPSA) is 83.0 Å². The molecular formula is C13H19BrN4O3S. The summed E-state index contributed by atoms with van der Waals surface area (Å²) in [7, 11) is -1.95. The molecule has 1 aromatic rings. The summed E-state index contributed by atoms with van der Waals surface area (Å²) in [6.45, 7) is 2.54. The molecule has 0 bridgehead atoms. The monoisotopic (exact) mass is 390 g/mol. The molecule has 1 aliphatic heterocycles. The molecule has 0 saturated carbocycles. The van der Waals surface area contributed by atoms with E-state index in [1.807, 2.05) is 0 Å². The van der Waals surface area contributed by atoms with Crippen LogP contribution >= 0.6 is 15.9 Å². The quantitative estimate of drug-likeness (QED) is 0.706. The van der Waals surface area contributed by atoms with Crippen molar-refractivity contribution in [3.05, 3.63) is 28.7 Å². The van der Waals surface area contributed by atoms with Crippen molar-refractivity contribution in [3.8, 4) is 0 Å². The minimum absolute atomic E-state index is 0.197. The molecule has 0 saturated heterocycles. The average molecular weight is 391 g/mol. The van der Waals surface area contributed by atoms with Gasteiger partial charge in [-0.3, -0.25) is 4.90 Å². The number of benzene rings is 1. The van der Waals surface area contributed by atoms with E-state index >= 15 is 0 Å². The Morgan fingerprint density at radius 2 is 2.14 bits per heavy atom. The third-order valence-corrected chi connectivity index (χ3v) is 4.96. The summed E-state index contributed by atoms with van der Waals surface area (Å²) in [5.41, 5.74) is 0. The number of methoxy groups -OCH3 is 1. The molecule has 122 valence electrons. The minimum atomic E-state index is -3.62. The Morgan fingerprint density at radius 1 is 1.41 bits per heavy atom. The third-order valence-electron chi connectivity index (χ3n) is 3.08. The number of guanidine groups is 1. The van der Waals surface area contributed by atoms with E-state index in [2.05, 4.69) is 35.9 Å². The van der Waals surface area contributed by atoms with E-state index in [9.17, 15) is 8.42 Å². The Hall–Kier alpha value is -1.16. The number of ether oxygens (including phenoxy) is 1. The van der Waals surface area contributed by atoms with Gasteiger partial charge in [-0.1, -0.05) is 15.9 Å². The highest BCUT2D eigenvalue weighted by Gasteiger charge is 2.19. The van der Waals surface area contributed by atoms with Gasteiger partial charge in [-0.05, 0) is 30.7 Å². The van der Waals surface area contributed by atoms with E-state index in [4.69, 9.17) is 4.74 Å². The van der Waals surface area contributed by atoms with Crippen LogP contribution in [-0.2, 0) is 14.8 Å². The van der Waals surface area contributed by atoms with Crippen molar-refractivity contribution >= 4 is 31.9 Å². The Labute approximate surface area is 138 Å². The first-order valence-corrected chi connectivity index (χ1v) is 9.07. The van der Waals surface area contributed by atoms with Crippen LogP contribution in [0.15, 0.2) is 38.6 Å². The maximum absolute atomic E-state index is 12.2. The predicted octanol–water partition coefficient (Wildman–Crippen LogP) is 0.940. The van der Waals surface area contributed by atoms with Gasteiger partial charge in [0.05, 0.1) is 18.2 Å². The van der Waals surface area contributed by atoms with Crippen LogP contribution < -0.4 is 10.0 Å². The van der Waals surface area contributed by atoms with Crippen LogP contribution in [0.2, 0.25) is 0 Å². The van der Waals surface area contributed by atoms with Crippen LogP contribution in [0.5, 0.6) is 0 Å². The molecule has 0 aliphatic carbocycles. The standard InChI is InChI=1S/C13H19BrN4O3S/c1-21-8-2-7-18-9-15-13(16-10-18)17-22(19,20)12-5-3-11(14)4-6-12/h3-6H,2,7-10H2,1H3,(H2,15,16,17). The van der Waals surface area contributed by atoms with Crippen molar-refractivity contribution < 1.29 is 13.2 Å². The number of halogens is 1. The summed E-state index contributed by atoms with van der Waals surface area (Å²) in [4.78, 5) is 6.47. The van der Waals surface area contributed by atoms with Crippen LogP contribution in [0.3, 0.4) is 0 Å². The van der Waals surface area contributed by atoms with Gasteiger partial charge in [0.2, 0.25) is 5.96 Å². The second kappa shape index (κ2) is 7.91. The number of nitrogens with zero attached hydrogens (tertiary/aromatic N) is 2. The van der Waals surface area contributed by atoms with Crippen LogP contribution in [0.1, 0.15) is 6.42 Å². The second-order valence-corrected chi connectivity index (χ2v) is 7.38. The van der Waals surface area contributed by atoms with Crippen molar-refractivity contribution in [2.24, 2.45) is 4.99 Å². The van der Waals surface area contributed by atoms with E-state index < -0.39 is 10.0 Å². The fraction of sp³-hybridized carbons (Fsp3) is 0.462. The van der Waals surface area contributed by atoms with Crippen LogP contribution in [0, 0.1) is 0 Å². The van der Waals surface area contributed by atoms with Crippen LogP contribution in [-0.4, -0.2) is 52.9 Å². The fourth-order valence-electron chi connectivity index (χ4n) is 1.91. The summed E-state index contributed by atoms with van der Waals surface area (Å²) in [5, 5.41) is 2.97. The van der Waals surface area contributed by atoms with Gasteiger partial charge in [-0.15, -0.1) is 0 Å². The summed E-state index contributed by atoms with van der Waals surface area (Å²) >= 11 is 3.28. The smallest absolute Gasteiger partial charge is 0.264 e.